The average molecular weight is 445 g/mol. The van der Waals surface area contributed by atoms with E-state index in [1.54, 1.807) is 0 Å². The van der Waals surface area contributed by atoms with Gasteiger partial charge in [0.05, 0.1) is 18.3 Å². The number of hydrogen-bond donors (Lipinski definition) is 1. The van der Waals surface area contributed by atoms with Crippen molar-refractivity contribution in [1.29, 1.82) is 0 Å². The topological polar surface area (TPSA) is 85.2 Å². The zero-order valence-corrected chi connectivity index (χ0v) is 18.6. The highest BCUT2D eigenvalue weighted by Crippen LogP contribution is 2.25. The summed E-state index contributed by atoms with van der Waals surface area (Å²) in [6, 6.07) is 8.92. The minimum atomic E-state index is 0.0306. The van der Waals surface area contributed by atoms with E-state index in [2.05, 4.69) is 44.1 Å². The van der Waals surface area contributed by atoms with Crippen LogP contribution in [0.2, 0.25) is 0 Å². The Hall–Kier alpha value is -3.26. The van der Waals surface area contributed by atoms with Crippen molar-refractivity contribution in [2.75, 3.05) is 18.5 Å². The number of benzene rings is 1. The number of anilines is 1. The first-order valence-corrected chi connectivity index (χ1v) is 11.8. The van der Waals surface area contributed by atoms with Gasteiger partial charge in [-0.15, -0.1) is 0 Å². The number of hydrogen-bond acceptors (Lipinski definition) is 6. The second-order valence-corrected chi connectivity index (χ2v) is 9.22. The molecule has 1 aliphatic carbocycles. The lowest BCUT2D eigenvalue weighted by Gasteiger charge is -2.29. The third-order valence-electron chi connectivity index (χ3n) is 7.01. The van der Waals surface area contributed by atoms with Crippen LogP contribution in [0.15, 0.2) is 42.9 Å². The largest absolute Gasteiger partial charge is 0.367 e. The van der Waals surface area contributed by atoms with E-state index < -0.39 is 0 Å². The van der Waals surface area contributed by atoms with Crippen LogP contribution < -0.4 is 5.32 Å². The molecule has 8 nitrogen and oxygen atoms in total. The number of carbonyl (C=O) groups excluding carboxylic acids is 1. The van der Waals surface area contributed by atoms with E-state index in [9.17, 15) is 4.79 Å². The van der Waals surface area contributed by atoms with Crippen molar-refractivity contribution in [2.45, 2.75) is 57.3 Å². The highest BCUT2D eigenvalue weighted by molar-refractivity contribution is 5.77. The molecular formula is C25H28N6O2. The summed E-state index contributed by atoms with van der Waals surface area (Å²) < 4.78 is 8.07. The Balaban J connectivity index is 1.02. The summed E-state index contributed by atoms with van der Waals surface area (Å²) in [6.07, 6.45) is 10.3. The van der Waals surface area contributed by atoms with Gasteiger partial charge in [-0.1, -0.05) is 24.3 Å². The summed E-state index contributed by atoms with van der Waals surface area (Å²) in [5.41, 5.74) is 4.87. The Labute approximate surface area is 193 Å². The zero-order chi connectivity index (χ0) is 22.2. The minimum Gasteiger partial charge on any atom is -0.367 e. The van der Waals surface area contributed by atoms with Gasteiger partial charge < -0.3 is 19.5 Å². The first kappa shape index (κ1) is 20.4. The molecule has 0 fully saturated rings. The van der Waals surface area contributed by atoms with E-state index in [1.165, 1.54) is 11.1 Å². The molecule has 33 heavy (non-hydrogen) atoms. The number of carbonyl (C=O) groups is 1. The molecule has 1 atom stereocenters. The summed E-state index contributed by atoms with van der Waals surface area (Å²) in [4.78, 5) is 28.3. The molecule has 0 saturated carbocycles. The van der Waals surface area contributed by atoms with E-state index in [0.717, 1.165) is 55.7 Å². The van der Waals surface area contributed by atoms with E-state index in [1.807, 2.05) is 23.5 Å². The summed E-state index contributed by atoms with van der Waals surface area (Å²) in [5, 5.41) is 3.50. The second-order valence-electron chi connectivity index (χ2n) is 9.22. The van der Waals surface area contributed by atoms with Crippen LogP contribution in [-0.2, 0) is 48.3 Å². The van der Waals surface area contributed by atoms with Gasteiger partial charge in [-0.05, 0) is 30.4 Å². The lowest BCUT2D eigenvalue weighted by molar-refractivity contribution is -0.139. The van der Waals surface area contributed by atoms with E-state index in [4.69, 9.17) is 9.72 Å². The summed E-state index contributed by atoms with van der Waals surface area (Å²) in [7, 11) is 0. The number of nitrogens with zero attached hydrogens (tertiary/aromatic N) is 5. The van der Waals surface area contributed by atoms with Crippen molar-refractivity contribution in [3.05, 3.63) is 71.1 Å². The minimum absolute atomic E-state index is 0.0306. The first-order valence-electron chi connectivity index (χ1n) is 11.8. The molecule has 1 amide bonds. The Morgan fingerprint density at radius 2 is 1.97 bits per heavy atom. The van der Waals surface area contributed by atoms with Gasteiger partial charge in [0.25, 0.3) is 0 Å². The Bertz CT molecular complexity index is 1150. The Kier molecular flexibility index (Phi) is 5.30. The quantitative estimate of drug-likeness (QED) is 0.649. The Morgan fingerprint density at radius 1 is 1.12 bits per heavy atom. The number of aromatic nitrogens is 4. The van der Waals surface area contributed by atoms with Crippen LogP contribution in [0.3, 0.4) is 0 Å². The Morgan fingerprint density at radius 3 is 2.82 bits per heavy atom. The molecule has 8 heteroatoms. The summed E-state index contributed by atoms with van der Waals surface area (Å²) in [5.74, 6) is 1.81. The third kappa shape index (κ3) is 4.23. The number of amides is 1. The second kappa shape index (κ2) is 8.59. The molecule has 1 aromatic carbocycles. The van der Waals surface area contributed by atoms with E-state index in [0.29, 0.717) is 25.1 Å². The molecule has 6 rings (SSSR count). The first-order chi connectivity index (χ1) is 16.2. The number of imidazole rings is 1. The van der Waals surface area contributed by atoms with Gasteiger partial charge in [0.2, 0.25) is 11.9 Å². The molecule has 0 bridgehead atoms. The molecule has 170 valence electrons. The lowest BCUT2D eigenvalue weighted by atomic mass is 10.1. The standard InChI is InChI=1S/C25H28N6O2/c32-24(16-33-21-5-6-23-26-8-10-30(23)15-21)31-9-7-22-19(14-31)13-27-25(29-22)28-20-11-17-3-1-2-4-18(17)12-20/h1-4,8,10,13,20-21H,5-7,9,11-12,14-16H2,(H,27,28,29). The van der Waals surface area contributed by atoms with Crippen LogP contribution >= 0.6 is 0 Å². The van der Waals surface area contributed by atoms with Gasteiger partial charge in [-0.25, -0.2) is 15.0 Å². The normalized spacial score (nSPS) is 19.6. The van der Waals surface area contributed by atoms with Crippen molar-refractivity contribution < 1.29 is 9.53 Å². The lowest BCUT2D eigenvalue weighted by Crippen LogP contribution is -2.40. The molecular weight excluding hydrogens is 416 g/mol. The van der Waals surface area contributed by atoms with Crippen molar-refractivity contribution in [1.82, 2.24) is 24.4 Å². The predicted molar refractivity (Wildman–Crippen MR) is 123 cm³/mol. The van der Waals surface area contributed by atoms with Crippen molar-refractivity contribution in [2.24, 2.45) is 0 Å². The van der Waals surface area contributed by atoms with Gasteiger partial charge in [0, 0.05) is 56.1 Å². The molecule has 0 radical (unpaired) electrons. The molecule has 0 spiro atoms. The van der Waals surface area contributed by atoms with Crippen LogP contribution in [0.4, 0.5) is 5.95 Å². The molecule has 2 aliphatic heterocycles. The fraction of sp³-hybridized carbons (Fsp3) is 0.440. The molecule has 1 N–H and O–H groups in total. The van der Waals surface area contributed by atoms with Gasteiger partial charge >= 0.3 is 0 Å². The smallest absolute Gasteiger partial charge is 0.248 e. The highest BCUT2D eigenvalue weighted by atomic mass is 16.5. The number of rotatable bonds is 5. The van der Waals surface area contributed by atoms with Crippen molar-refractivity contribution in [3.8, 4) is 0 Å². The van der Waals surface area contributed by atoms with Gasteiger partial charge in [-0.3, -0.25) is 4.79 Å². The maximum atomic E-state index is 12.8. The van der Waals surface area contributed by atoms with Crippen molar-refractivity contribution >= 4 is 11.9 Å². The van der Waals surface area contributed by atoms with Crippen molar-refractivity contribution in [3.63, 3.8) is 0 Å². The van der Waals surface area contributed by atoms with Gasteiger partial charge in [0.1, 0.15) is 12.4 Å². The van der Waals surface area contributed by atoms with Crippen LogP contribution in [0.25, 0.3) is 0 Å². The number of aryl methyl sites for hydroxylation is 1. The molecule has 2 aromatic heterocycles. The van der Waals surface area contributed by atoms with Crippen LogP contribution in [0, 0.1) is 0 Å². The monoisotopic (exact) mass is 444 g/mol. The molecule has 0 saturated heterocycles. The molecule has 4 heterocycles. The maximum absolute atomic E-state index is 12.8. The third-order valence-corrected chi connectivity index (χ3v) is 7.01. The van der Waals surface area contributed by atoms with E-state index in [-0.39, 0.29) is 18.6 Å². The maximum Gasteiger partial charge on any atom is 0.248 e. The number of ether oxygens (including phenoxy) is 1. The van der Waals surface area contributed by atoms with Gasteiger partial charge in [-0.2, -0.15) is 0 Å². The van der Waals surface area contributed by atoms with Crippen LogP contribution in [0.5, 0.6) is 0 Å². The average Bonchev–Trinajstić information content (AvgIpc) is 3.48. The zero-order valence-electron chi connectivity index (χ0n) is 18.6. The SMILES string of the molecule is O=C(COC1CCc2nccn2C1)N1CCc2nc(NC3Cc4ccccc4C3)ncc2C1. The van der Waals surface area contributed by atoms with E-state index >= 15 is 0 Å². The fourth-order valence-electron chi connectivity index (χ4n) is 5.19. The van der Waals surface area contributed by atoms with Crippen LogP contribution in [-0.4, -0.2) is 55.6 Å². The number of fused-ring (bicyclic) bond motifs is 3. The fourth-order valence-corrected chi connectivity index (χ4v) is 5.19. The molecule has 1 unspecified atom stereocenters. The number of nitrogens with one attached hydrogen (secondary N) is 1. The molecule has 3 aliphatic rings. The van der Waals surface area contributed by atoms with Gasteiger partial charge in [0.15, 0.2) is 0 Å². The summed E-state index contributed by atoms with van der Waals surface area (Å²) >= 11 is 0. The molecule has 3 aromatic rings. The summed E-state index contributed by atoms with van der Waals surface area (Å²) in [6.45, 7) is 2.09. The van der Waals surface area contributed by atoms with Crippen LogP contribution in [0.1, 0.15) is 34.6 Å². The highest BCUT2D eigenvalue weighted by Gasteiger charge is 2.26. The predicted octanol–water partition coefficient (Wildman–Crippen LogP) is 2.17.